The van der Waals surface area contributed by atoms with Crippen LogP contribution in [0.15, 0.2) is 0 Å². The highest BCUT2D eigenvalue weighted by molar-refractivity contribution is 5.83. The summed E-state index contributed by atoms with van der Waals surface area (Å²) in [6.07, 6.45) is 3.14. The van der Waals surface area contributed by atoms with Gasteiger partial charge in [0.05, 0.1) is 11.5 Å². The summed E-state index contributed by atoms with van der Waals surface area (Å²) in [5.74, 6) is -0.740. The number of hydrogen-bond donors (Lipinski definition) is 0. The Bertz CT molecular complexity index is 469. The number of carbonyl (C=O) groups excluding carboxylic acids is 2. The highest BCUT2D eigenvalue weighted by atomic mass is 16.6. The van der Waals surface area contributed by atoms with Crippen LogP contribution < -0.4 is 0 Å². The number of nitriles is 1. The number of hydrogen-bond acceptors (Lipinski definition) is 5. The maximum Gasteiger partial charge on any atom is 0.348 e. The van der Waals surface area contributed by atoms with Gasteiger partial charge in [0.2, 0.25) is 6.10 Å². The molecule has 0 radical (unpaired) electrons. The highest BCUT2D eigenvalue weighted by Crippen LogP contribution is 2.43. The standard InChI is InChI=1S/C16H23NO4/c1-4-15(2,3)14(19)20-12-9-16(21-13(12)18)7-5-11(10-17)6-8-16/h11-12H,4-9H2,1-3H3. The molecule has 2 aliphatic rings. The van der Waals surface area contributed by atoms with E-state index in [9.17, 15) is 9.59 Å². The Morgan fingerprint density at radius 3 is 2.62 bits per heavy atom. The zero-order valence-corrected chi connectivity index (χ0v) is 13.0. The van der Waals surface area contributed by atoms with E-state index in [4.69, 9.17) is 14.7 Å². The fourth-order valence-electron chi connectivity index (χ4n) is 2.84. The molecular formula is C16H23NO4. The Morgan fingerprint density at radius 2 is 2.10 bits per heavy atom. The molecule has 1 saturated carbocycles. The highest BCUT2D eigenvalue weighted by Gasteiger charge is 2.50. The third-order valence-corrected chi connectivity index (χ3v) is 4.90. The zero-order valence-electron chi connectivity index (χ0n) is 13.0. The van der Waals surface area contributed by atoms with Crippen LogP contribution in [0.1, 0.15) is 59.3 Å². The molecule has 5 heteroatoms. The molecule has 0 aromatic rings. The molecule has 1 heterocycles. The van der Waals surface area contributed by atoms with Crippen molar-refractivity contribution in [3.63, 3.8) is 0 Å². The first-order valence-corrected chi connectivity index (χ1v) is 7.65. The summed E-state index contributed by atoms with van der Waals surface area (Å²) in [5.41, 5.74) is -1.11. The summed E-state index contributed by atoms with van der Waals surface area (Å²) < 4.78 is 10.9. The average molecular weight is 293 g/mol. The summed E-state index contributed by atoms with van der Waals surface area (Å²) in [5, 5.41) is 8.93. The van der Waals surface area contributed by atoms with E-state index in [-0.39, 0.29) is 11.9 Å². The lowest BCUT2D eigenvalue weighted by Gasteiger charge is -2.33. The van der Waals surface area contributed by atoms with Gasteiger partial charge in [-0.15, -0.1) is 0 Å². The van der Waals surface area contributed by atoms with Crippen LogP contribution in [0.4, 0.5) is 0 Å². The Kier molecular flexibility index (Phi) is 4.27. The van der Waals surface area contributed by atoms with E-state index < -0.39 is 23.1 Å². The molecule has 1 unspecified atom stereocenters. The molecule has 2 fully saturated rings. The molecule has 5 nitrogen and oxygen atoms in total. The topological polar surface area (TPSA) is 76.4 Å². The Labute approximate surface area is 125 Å². The molecular weight excluding hydrogens is 270 g/mol. The monoisotopic (exact) mass is 293 g/mol. The second-order valence-corrected chi connectivity index (χ2v) is 6.84. The molecule has 0 aromatic carbocycles. The second kappa shape index (κ2) is 5.67. The molecule has 116 valence electrons. The Morgan fingerprint density at radius 1 is 1.48 bits per heavy atom. The van der Waals surface area contributed by atoms with Crippen LogP contribution in [-0.4, -0.2) is 23.6 Å². The maximum absolute atomic E-state index is 12.1. The first-order valence-electron chi connectivity index (χ1n) is 7.65. The molecule has 0 N–H and O–H groups in total. The van der Waals surface area contributed by atoms with E-state index in [1.165, 1.54) is 0 Å². The van der Waals surface area contributed by atoms with Gasteiger partial charge in [0.1, 0.15) is 5.60 Å². The van der Waals surface area contributed by atoms with E-state index in [0.29, 0.717) is 25.7 Å². The van der Waals surface area contributed by atoms with Gasteiger partial charge in [-0.25, -0.2) is 4.79 Å². The number of carbonyl (C=O) groups is 2. The number of nitrogens with zero attached hydrogens (tertiary/aromatic N) is 1. The van der Waals surface area contributed by atoms with Gasteiger partial charge < -0.3 is 9.47 Å². The lowest BCUT2D eigenvalue weighted by atomic mass is 9.77. The molecule has 1 spiro atoms. The van der Waals surface area contributed by atoms with E-state index >= 15 is 0 Å². The van der Waals surface area contributed by atoms with Gasteiger partial charge in [-0.2, -0.15) is 5.26 Å². The van der Waals surface area contributed by atoms with Crippen molar-refractivity contribution in [1.29, 1.82) is 5.26 Å². The van der Waals surface area contributed by atoms with Gasteiger partial charge in [-0.3, -0.25) is 4.79 Å². The van der Waals surface area contributed by atoms with Crippen molar-refractivity contribution >= 4 is 11.9 Å². The normalized spacial score (nSPS) is 32.6. The van der Waals surface area contributed by atoms with Gasteiger partial charge in [-0.05, 0) is 46.0 Å². The van der Waals surface area contributed by atoms with Crippen molar-refractivity contribution < 1.29 is 19.1 Å². The smallest absolute Gasteiger partial charge is 0.348 e. The Hall–Kier alpha value is -1.57. The number of rotatable bonds is 3. The fourth-order valence-corrected chi connectivity index (χ4v) is 2.84. The SMILES string of the molecule is CCC(C)(C)C(=O)OC1CC2(CCC(C#N)CC2)OC1=O. The molecule has 21 heavy (non-hydrogen) atoms. The van der Waals surface area contributed by atoms with Crippen LogP contribution in [0.25, 0.3) is 0 Å². The predicted octanol–water partition coefficient (Wildman–Crippen LogP) is 2.73. The molecule has 0 amide bonds. The zero-order chi connectivity index (χ0) is 15.7. The maximum atomic E-state index is 12.1. The van der Waals surface area contributed by atoms with Crippen molar-refractivity contribution in [2.75, 3.05) is 0 Å². The average Bonchev–Trinajstić information content (AvgIpc) is 2.75. The van der Waals surface area contributed by atoms with Crippen LogP contribution in [0.3, 0.4) is 0 Å². The van der Waals surface area contributed by atoms with Crippen LogP contribution in [0.5, 0.6) is 0 Å². The van der Waals surface area contributed by atoms with Crippen LogP contribution in [-0.2, 0) is 19.1 Å². The molecule has 2 rings (SSSR count). The van der Waals surface area contributed by atoms with E-state index in [1.807, 2.05) is 20.8 Å². The van der Waals surface area contributed by atoms with Crippen molar-refractivity contribution in [3.8, 4) is 6.07 Å². The lowest BCUT2D eigenvalue weighted by molar-refractivity contribution is -0.169. The quantitative estimate of drug-likeness (QED) is 0.748. The van der Waals surface area contributed by atoms with Crippen LogP contribution in [0.2, 0.25) is 0 Å². The molecule has 1 aliphatic heterocycles. The van der Waals surface area contributed by atoms with Crippen molar-refractivity contribution in [3.05, 3.63) is 0 Å². The van der Waals surface area contributed by atoms with Gasteiger partial charge in [0.25, 0.3) is 0 Å². The lowest BCUT2D eigenvalue weighted by Crippen LogP contribution is -2.34. The third-order valence-electron chi connectivity index (χ3n) is 4.90. The third kappa shape index (κ3) is 3.20. The predicted molar refractivity (Wildman–Crippen MR) is 75.0 cm³/mol. The van der Waals surface area contributed by atoms with Crippen molar-refractivity contribution in [2.45, 2.75) is 71.0 Å². The van der Waals surface area contributed by atoms with Crippen molar-refractivity contribution in [1.82, 2.24) is 0 Å². The summed E-state index contributed by atoms with van der Waals surface area (Å²) in [6.45, 7) is 5.53. The molecule has 1 saturated heterocycles. The summed E-state index contributed by atoms with van der Waals surface area (Å²) in [6, 6.07) is 2.27. The summed E-state index contributed by atoms with van der Waals surface area (Å²) >= 11 is 0. The summed E-state index contributed by atoms with van der Waals surface area (Å²) in [4.78, 5) is 24.1. The molecule has 0 bridgehead atoms. The van der Waals surface area contributed by atoms with Gasteiger partial charge >= 0.3 is 11.9 Å². The van der Waals surface area contributed by atoms with Gasteiger partial charge in [0.15, 0.2) is 0 Å². The van der Waals surface area contributed by atoms with E-state index in [1.54, 1.807) is 0 Å². The molecule has 0 aromatic heterocycles. The van der Waals surface area contributed by atoms with Crippen LogP contribution >= 0.6 is 0 Å². The number of esters is 2. The van der Waals surface area contributed by atoms with E-state index in [0.717, 1.165) is 12.8 Å². The fraction of sp³-hybridized carbons (Fsp3) is 0.812. The summed E-state index contributed by atoms with van der Waals surface area (Å²) in [7, 11) is 0. The minimum Gasteiger partial charge on any atom is -0.456 e. The Balaban J connectivity index is 1.98. The van der Waals surface area contributed by atoms with E-state index in [2.05, 4.69) is 6.07 Å². The second-order valence-electron chi connectivity index (χ2n) is 6.84. The first kappa shape index (κ1) is 15.8. The number of ether oxygens (including phenoxy) is 2. The van der Waals surface area contributed by atoms with Crippen LogP contribution in [0, 0.1) is 22.7 Å². The minimum absolute atomic E-state index is 0.0509. The minimum atomic E-state index is -0.790. The van der Waals surface area contributed by atoms with Gasteiger partial charge in [0, 0.05) is 12.3 Å². The molecule has 1 atom stereocenters. The molecule has 1 aliphatic carbocycles. The van der Waals surface area contributed by atoms with Crippen molar-refractivity contribution in [2.24, 2.45) is 11.3 Å². The first-order chi connectivity index (χ1) is 9.82. The van der Waals surface area contributed by atoms with Gasteiger partial charge in [-0.1, -0.05) is 6.92 Å². The largest absolute Gasteiger partial charge is 0.456 e.